The number of hydrogen-bond donors (Lipinski definition) is 1. The maximum atomic E-state index is 12.3. The van der Waals surface area contributed by atoms with Gasteiger partial charge < -0.3 is 19.2 Å². The van der Waals surface area contributed by atoms with Crippen LogP contribution < -0.4 is 4.74 Å². The molecule has 0 unspecified atom stereocenters. The summed E-state index contributed by atoms with van der Waals surface area (Å²) in [6.45, 7) is 4.06. The number of methoxy groups -OCH3 is 2. The Kier molecular flexibility index (Phi) is 4.12. The van der Waals surface area contributed by atoms with Crippen molar-refractivity contribution in [1.29, 1.82) is 0 Å². The van der Waals surface area contributed by atoms with Crippen LogP contribution in [0.2, 0.25) is 0 Å². The predicted octanol–water partition coefficient (Wildman–Crippen LogP) is 3.19. The number of carbonyl (C=O) groups excluding carboxylic acids is 1. The van der Waals surface area contributed by atoms with E-state index in [2.05, 4.69) is 28.9 Å². The van der Waals surface area contributed by atoms with Crippen molar-refractivity contribution in [2.45, 2.75) is 31.9 Å². The van der Waals surface area contributed by atoms with Crippen LogP contribution in [0, 0.1) is 11.8 Å². The first-order valence-electron chi connectivity index (χ1n) is 9.97. The highest BCUT2D eigenvalue weighted by molar-refractivity contribution is 5.89. The molecule has 0 bridgehead atoms. The van der Waals surface area contributed by atoms with Gasteiger partial charge in [-0.05, 0) is 43.5 Å². The molecule has 1 N–H and O–H groups in total. The molecule has 4 atom stereocenters. The highest BCUT2D eigenvalue weighted by Crippen LogP contribution is 2.47. The number of nitrogens with one attached hydrogen (secondary N) is 1. The van der Waals surface area contributed by atoms with E-state index < -0.39 is 0 Å². The molecule has 5 rings (SSSR count). The van der Waals surface area contributed by atoms with Gasteiger partial charge in [0.25, 0.3) is 0 Å². The van der Waals surface area contributed by atoms with Crippen LogP contribution in [-0.4, -0.2) is 49.3 Å². The Morgan fingerprint density at radius 1 is 1.32 bits per heavy atom. The van der Waals surface area contributed by atoms with E-state index in [4.69, 9.17) is 14.2 Å². The lowest BCUT2D eigenvalue weighted by Crippen LogP contribution is -2.51. The number of hydrogen-bond acceptors (Lipinski definition) is 5. The summed E-state index contributed by atoms with van der Waals surface area (Å²) in [6.07, 6.45) is 3.65. The molecule has 1 aromatic carbocycles. The Balaban J connectivity index is 1.54. The molecule has 4 heterocycles. The minimum atomic E-state index is -0.271. The molecule has 0 spiro atoms. The molecule has 0 radical (unpaired) electrons. The highest BCUT2D eigenvalue weighted by Gasteiger charge is 2.46. The lowest BCUT2D eigenvalue weighted by atomic mass is 9.72. The maximum absolute atomic E-state index is 12.3. The third kappa shape index (κ3) is 2.54. The van der Waals surface area contributed by atoms with E-state index >= 15 is 0 Å². The molecular weight excluding hydrogens is 356 g/mol. The van der Waals surface area contributed by atoms with E-state index in [0.29, 0.717) is 11.5 Å². The fraction of sp³-hybridized carbons (Fsp3) is 0.500. The number of rotatable bonds is 2. The minimum absolute atomic E-state index is 0.104. The third-order valence-corrected chi connectivity index (χ3v) is 6.84. The van der Waals surface area contributed by atoms with Crippen LogP contribution in [0.4, 0.5) is 0 Å². The van der Waals surface area contributed by atoms with Crippen LogP contribution in [0.5, 0.6) is 5.75 Å². The standard InChI is InChI=1S/C22H26N2O4/c1-12-17-10-24-7-6-14-16-8-13(26-2)4-5-19(16)23-21(14)20(24)9-15(17)18(11-28-12)22(25)27-3/h4-5,8,11-12,15,17,20,23H,6-7,9-10H2,1-3H3/t12-,15-,17-,20-/m0/s1. The van der Waals surface area contributed by atoms with Gasteiger partial charge in [0.05, 0.1) is 38.2 Å². The Hall–Kier alpha value is -2.47. The monoisotopic (exact) mass is 382 g/mol. The zero-order chi connectivity index (χ0) is 19.4. The number of ether oxygens (including phenoxy) is 3. The second-order valence-corrected chi connectivity index (χ2v) is 8.10. The van der Waals surface area contributed by atoms with Crippen LogP contribution in [-0.2, 0) is 20.7 Å². The SMILES string of the molecule is COC(=O)C1=CO[C@@H](C)[C@@H]2CN3CCc4c([nH]c5ccc(OC)cc45)[C@@H]3C[C@H]12. The van der Waals surface area contributed by atoms with Crippen LogP contribution in [0.15, 0.2) is 30.0 Å². The molecule has 6 nitrogen and oxygen atoms in total. The fourth-order valence-electron chi connectivity index (χ4n) is 5.34. The molecule has 3 aliphatic heterocycles. The van der Waals surface area contributed by atoms with E-state index in [1.807, 2.05) is 6.07 Å². The molecule has 0 amide bonds. The van der Waals surface area contributed by atoms with E-state index in [0.717, 1.165) is 37.2 Å². The summed E-state index contributed by atoms with van der Waals surface area (Å²) in [5.74, 6) is 1.08. The van der Waals surface area contributed by atoms with Crippen molar-refractivity contribution < 1.29 is 19.0 Å². The summed E-state index contributed by atoms with van der Waals surface area (Å²) in [4.78, 5) is 18.6. The van der Waals surface area contributed by atoms with Gasteiger partial charge in [-0.3, -0.25) is 4.90 Å². The molecular formula is C22H26N2O4. The molecule has 6 heteroatoms. The summed E-state index contributed by atoms with van der Waals surface area (Å²) in [5, 5.41) is 1.25. The zero-order valence-corrected chi connectivity index (χ0v) is 16.5. The zero-order valence-electron chi connectivity index (χ0n) is 16.5. The molecule has 148 valence electrons. The van der Waals surface area contributed by atoms with Crippen LogP contribution in [0.3, 0.4) is 0 Å². The van der Waals surface area contributed by atoms with Gasteiger partial charge >= 0.3 is 5.97 Å². The number of piperidine rings is 1. The van der Waals surface area contributed by atoms with Gasteiger partial charge in [0.15, 0.2) is 0 Å². The highest BCUT2D eigenvalue weighted by atomic mass is 16.5. The molecule has 3 aliphatic rings. The van der Waals surface area contributed by atoms with Gasteiger partial charge in [-0.25, -0.2) is 4.79 Å². The first-order chi connectivity index (χ1) is 13.6. The average molecular weight is 382 g/mol. The molecule has 1 aromatic heterocycles. The van der Waals surface area contributed by atoms with Crippen molar-refractivity contribution in [2.24, 2.45) is 11.8 Å². The fourth-order valence-corrected chi connectivity index (χ4v) is 5.34. The second kappa shape index (κ2) is 6.55. The lowest BCUT2D eigenvalue weighted by Gasteiger charge is -2.49. The number of benzene rings is 1. The van der Waals surface area contributed by atoms with Crippen molar-refractivity contribution in [1.82, 2.24) is 9.88 Å². The first kappa shape index (κ1) is 17.6. The summed E-state index contributed by atoms with van der Waals surface area (Å²) in [6, 6.07) is 6.50. The predicted molar refractivity (Wildman–Crippen MR) is 105 cm³/mol. The van der Waals surface area contributed by atoms with Gasteiger partial charge in [-0.15, -0.1) is 0 Å². The molecule has 1 saturated heterocycles. The Morgan fingerprint density at radius 2 is 2.18 bits per heavy atom. The third-order valence-electron chi connectivity index (χ3n) is 6.84. The molecule has 0 aliphatic carbocycles. The van der Waals surface area contributed by atoms with E-state index in [1.165, 1.54) is 23.8 Å². The molecule has 28 heavy (non-hydrogen) atoms. The van der Waals surface area contributed by atoms with E-state index in [9.17, 15) is 4.79 Å². The minimum Gasteiger partial charge on any atom is -0.497 e. The Bertz CT molecular complexity index is 963. The summed E-state index contributed by atoms with van der Waals surface area (Å²) < 4.78 is 16.3. The number of aromatic nitrogens is 1. The number of esters is 1. The van der Waals surface area contributed by atoms with Gasteiger partial charge in [0, 0.05) is 41.5 Å². The van der Waals surface area contributed by atoms with Gasteiger partial charge in [0.1, 0.15) is 5.75 Å². The molecule has 0 saturated carbocycles. The summed E-state index contributed by atoms with van der Waals surface area (Å²) in [7, 11) is 3.14. The quantitative estimate of drug-likeness (QED) is 0.809. The average Bonchev–Trinajstić information content (AvgIpc) is 3.10. The summed E-state index contributed by atoms with van der Waals surface area (Å²) >= 11 is 0. The first-order valence-corrected chi connectivity index (χ1v) is 9.97. The second-order valence-electron chi connectivity index (χ2n) is 8.10. The van der Waals surface area contributed by atoms with Crippen LogP contribution >= 0.6 is 0 Å². The lowest BCUT2D eigenvalue weighted by molar-refractivity contribution is -0.139. The topological polar surface area (TPSA) is 63.8 Å². The number of H-pyrrole nitrogens is 1. The van der Waals surface area contributed by atoms with Crippen molar-refractivity contribution in [3.8, 4) is 5.75 Å². The molecule has 2 aromatic rings. The van der Waals surface area contributed by atoms with Crippen LogP contribution in [0.1, 0.15) is 30.6 Å². The maximum Gasteiger partial charge on any atom is 0.337 e. The normalized spacial score (nSPS) is 29.2. The van der Waals surface area contributed by atoms with Crippen molar-refractivity contribution in [3.63, 3.8) is 0 Å². The van der Waals surface area contributed by atoms with Gasteiger partial charge in [-0.1, -0.05) is 0 Å². The van der Waals surface area contributed by atoms with Crippen LogP contribution in [0.25, 0.3) is 10.9 Å². The van der Waals surface area contributed by atoms with Gasteiger partial charge in [0.2, 0.25) is 0 Å². The van der Waals surface area contributed by atoms with Crippen molar-refractivity contribution in [2.75, 3.05) is 27.3 Å². The largest absolute Gasteiger partial charge is 0.497 e. The molecule has 1 fully saturated rings. The number of aromatic amines is 1. The van der Waals surface area contributed by atoms with Crippen molar-refractivity contribution in [3.05, 3.63) is 41.3 Å². The van der Waals surface area contributed by atoms with E-state index in [-0.39, 0.29) is 24.0 Å². The van der Waals surface area contributed by atoms with Crippen molar-refractivity contribution >= 4 is 16.9 Å². The smallest absolute Gasteiger partial charge is 0.337 e. The summed E-state index contributed by atoms with van der Waals surface area (Å²) in [5.41, 5.74) is 4.50. The number of fused-ring (bicyclic) bond motifs is 6. The Morgan fingerprint density at radius 3 is 2.96 bits per heavy atom. The number of carbonyl (C=O) groups is 1. The Labute approximate surface area is 164 Å². The van der Waals surface area contributed by atoms with E-state index in [1.54, 1.807) is 13.4 Å². The van der Waals surface area contributed by atoms with Gasteiger partial charge in [-0.2, -0.15) is 0 Å². The number of nitrogens with zero attached hydrogens (tertiary/aromatic N) is 1.